The van der Waals surface area contributed by atoms with Crippen LogP contribution < -0.4 is 4.90 Å². The van der Waals surface area contributed by atoms with Crippen molar-refractivity contribution in [1.29, 1.82) is 0 Å². The van der Waals surface area contributed by atoms with Gasteiger partial charge in [0, 0.05) is 11.3 Å². The molecule has 0 bridgehead atoms. The molecule has 334 valence electrons. The molecule has 1 unspecified atom stereocenters. The van der Waals surface area contributed by atoms with Crippen LogP contribution in [0.15, 0.2) is 95.9 Å². The van der Waals surface area contributed by atoms with E-state index in [9.17, 15) is 68.0 Å². The fraction of sp³-hybridized carbons (Fsp3) is 0.419. The van der Waals surface area contributed by atoms with Crippen LogP contribution in [0.5, 0.6) is 5.75 Å². The van der Waals surface area contributed by atoms with Crippen molar-refractivity contribution in [2.24, 2.45) is 5.92 Å². The maximum absolute atomic E-state index is 13.8. The Bertz CT molecular complexity index is 2280. The molecular weight excluding hydrogens is 841 g/mol. The van der Waals surface area contributed by atoms with Gasteiger partial charge in [-0.3, -0.25) is 4.79 Å². The van der Waals surface area contributed by atoms with Crippen molar-refractivity contribution in [1.82, 2.24) is 0 Å². The number of benzene rings is 4. The second-order valence-corrected chi connectivity index (χ2v) is 17.7. The first kappa shape index (κ1) is 45.5. The lowest BCUT2D eigenvalue weighted by Gasteiger charge is -2.48. The highest BCUT2D eigenvalue weighted by Crippen LogP contribution is 2.49. The van der Waals surface area contributed by atoms with Gasteiger partial charge >= 0.3 is 0 Å². The number of sulfone groups is 1. The molecule has 3 heterocycles. The van der Waals surface area contributed by atoms with Crippen LogP contribution in [0.25, 0.3) is 11.1 Å². The number of hydrogen-bond donors (Lipinski definition) is 9. The van der Waals surface area contributed by atoms with Gasteiger partial charge in [0.1, 0.15) is 72.3 Å². The van der Waals surface area contributed by atoms with Gasteiger partial charge in [-0.25, -0.2) is 17.2 Å². The number of hydrogen-bond acceptors (Lipinski definition) is 15. The van der Waals surface area contributed by atoms with E-state index in [2.05, 4.69) is 0 Å². The fourth-order valence-electron chi connectivity index (χ4n) is 8.21. The monoisotopic (exact) mass is 887 g/mol. The number of phenols is 1. The van der Waals surface area contributed by atoms with Crippen LogP contribution in [0, 0.1) is 17.6 Å². The Balaban J connectivity index is 1.04. The van der Waals surface area contributed by atoms with Gasteiger partial charge in [0.25, 0.3) is 0 Å². The molecule has 3 saturated heterocycles. The number of carbonyl (C=O) groups excluding carboxylic acids is 1. The first-order valence-corrected chi connectivity index (χ1v) is 21.4. The number of ether oxygens (including phenoxy) is 3. The van der Waals surface area contributed by atoms with E-state index in [1.807, 2.05) is 0 Å². The average molecular weight is 888 g/mol. The molecule has 0 spiro atoms. The molecule has 4 aromatic carbocycles. The van der Waals surface area contributed by atoms with Gasteiger partial charge < -0.3 is 65.1 Å². The van der Waals surface area contributed by atoms with E-state index in [1.54, 1.807) is 12.1 Å². The number of aliphatic hydroxyl groups excluding tert-OH is 8. The van der Waals surface area contributed by atoms with Crippen LogP contribution in [0.3, 0.4) is 0 Å². The normalized spacial score (nSPS) is 30.8. The van der Waals surface area contributed by atoms with Crippen molar-refractivity contribution >= 4 is 21.4 Å². The molecule has 0 aliphatic carbocycles. The summed E-state index contributed by atoms with van der Waals surface area (Å²) in [7, 11) is -4.24. The van der Waals surface area contributed by atoms with Crippen LogP contribution in [-0.4, -0.2) is 140 Å². The lowest BCUT2D eigenvalue weighted by molar-refractivity contribution is -0.341. The van der Waals surface area contributed by atoms with Gasteiger partial charge in [0.15, 0.2) is 16.1 Å². The van der Waals surface area contributed by atoms with Crippen LogP contribution in [0.2, 0.25) is 0 Å². The molecule has 0 aromatic heterocycles. The Morgan fingerprint density at radius 2 is 1.31 bits per heavy atom. The van der Waals surface area contributed by atoms with E-state index in [0.717, 1.165) is 0 Å². The Hall–Kier alpha value is -4.48. The number of carbonyl (C=O) groups is 1. The minimum atomic E-state index is -4.24. The van der Waals surface area contributed by atoms with Crippen molar-refractivity contribution in [2.45, 2.75) is 91.1 Å². The van der Waals surface area contributed by atoms with Crippen LogP contribution >= 0.6 is 0 Å². The van der Waals surface area contributed by atoms with Crippen molar-refractivity contribution < 1.29 is 82.2 Å². The number of nitrogens with zero attached hydrogens (tertiary/aromatic N) is 1. The van der Waals surface area contributed by atoms with Gasteiger partial charge in [0.05, 0.1) is 41.9 Å². The van der Waals surface area contributed by atoms with E-state index in [1.165, 1.54) is 83.8 Å². The zero-order chi connectivity index (χ0) is 44.6. The maximum Gasteiger partial charge on any atom is 0.233 e. The van der Waals surface area contributed by atoms with Crippen LogP contribution in [-0.2, 0) is 28.8 Å². The highest BCUT2D eigenvalue weighted by Gasteiger charge is 2.52. The lowest BCUT2D eigenvalue weighted by atomic mass is 9.77. The molecule has 4 aromatic rings. The van der Waals surface area contributed by atoms with Crippen molar-refractivity contribution in [3.8, 4) is 16.9 Å². The number of rotatable bonds is 14. The third-order valence-electron chi connectivity index (χ3n) is 11.7. The van der Waals surface area contributed by atoms with Gasteiger partial charge in [0.2, 0.25) is 5.91 Å². The van der Waals surface area contributed by atoms with Crippen molar-refractivity contribution in [2.75, 3.05) is 23.9 Å². The molecule has 7 rings (SSSR count). The summed E-state index contributed by atoms with van der Waals surface area (Å²) in [6, 6.07) is 20.2. The number of phenolic OH excluding ortho intramolecular Hbond substituents is 1. The average Bonchev–Trinajstić information content (AvgIpc) is 3.26. The SMILES string of the molecule is O=C1[C@H](CC[C@H](O)c2ccc(F)cc2)[C@@H](c2ccc(-c3ccc(S(=O)(=O)C[C@@H]4O[C@H](CO)C(O[C@@H]5O[C@H](CO)[C@@H](O)[C@H](O)[C@H]5O)[C@H](O)[C@H]4O)cc3)cc2O)N1c1ccc(F)cc1. The summed E-state index contributed by atoms with van der Waals surface area (Å²) < 4.78 is 70.9. The maximum atomic E-state index is 13.8. The predicted molar refractivity (Wildman–Crippen MR) is 213 cm³/mol. The predicted octanol–water partition coefficient (Wildman–Crippen LogP) is 0.996. The van der Waals surface area contributed by atoms with Crippen LogP contribution in [0.4, 0.5) is 14.5 Å². The van der Waals surface area contributed by atoms with E-state index >= 15 is 0 Å². The molecule has 62 heavy (non-hydrogen) atoms. The minimum absolute atomic E-state index is 0.152. The number of anilines is 1. The van der Waals surface area contributed by atoms with Gasteiger partial charge in [-0.15, -0.1) is 0 Å². The zero-order valence-electron chi connectivity index (χ0n) is 32.8. The van der Waals surface area contributed by atoms with Gasteiger partial charge in [-0.2, -0.15) is 0 Å². The lowest BCUT2D eigenvalue weighted by Crippen LogP contribution is -2.65. The third-order valence-corrected chi connectivity index (χ3v) is 13.5. The summed E-state index contributed by atoms with van der Waals surface area (Å²) in [6.45, 7) is -1.61. The number of β-lactam (4-membered cyclic amide) rings is 1. The Morgan fingerprint density at radius 1 is 0.710 bits per heavy atom. The summed E-state index contributed by atoms with van der Waals surface area (Å²) in [4.78, 5) is 14.8. The van der Waals surface area contributed by atoms with Crippen LogP contribution in [0.1, 0.15) is 36.1 Å². The summed E-state index contributed by atoms with van der Waals surface area (Å²) >= 11 is 0. The smallest absolute Gasteiger partial charge is 0.233 e. The summed E-state index contributed by atoms with van der Waals surface area (Å²) in [6.07, 6.45) is -17.6. The van der Waals surface area contributed by atoms with Gasteiger partial charge in [-0.05, 0) is 84.1 Å². The molecule has 0 radical (unpaired) electrons. The number of aromatic hydroxyl groups is 1. The summed E-state index contributed by atoms with van der Waals surface area (Å²) in [5.41, 5.74) is 2.20. The molecule has 13 atom stereocenters. The molecule has 3 aliphatic rings. The highest BCUT2D eigenvalue weighted by molar-refractivity contribution is 7.91. The molecule has 9 N–H and O–H groups in total. The highest BCUT2D eigenvalue weighted by atomic mass is 32.2. The van der Waals surface area contributed by atoms with Crippen molar-refractivity contribution in [3.63, 3.8) is 0 Å². The largest absolute Gasteiger partial charge is 0.508 e. The number of aliphatic hydroxyl groups is 8. The molecule has 3 aliphatic heterocycles. The quantitative estimate of drug-likeness (QED) is 0.0800. The van der Waals surface area contributed by atoms with E-state index in [-0.39, 0.29) is 29.4 Å². The topological polar surface area (TPSA) is 264 Å². The number of amides is 1. The molecule has 19 heteroatoms. The Labute approximate surface area is 354 Å². The molecule has 0 saturated carbocycles. The van der Waals surface area contributed by atoms with Crippen molar-refractivity contribution in [3.05, 3.63) is 114 Å². The molecule has 3 fully saturated rings. The minimum Gasteiger partial charge on any atom is -0.508 e. The second kappa shape index (κ2) is 18.7. The van der Waals surface area contributed by atoms with E-state index in [0.29, 0.717) is 27.9 Å². The number of halogens is 2. The molecular formula is C43H47F2NO15S. The zero-order valence-corrected chi connectivity index (χ0v) is 33.6. The first-order valence-electron chi connectivity index (χ1n) is 19.8. The molecule has 16 nitrogen and oxygen atoms in total. The summed E-state index contributed by atoms with van der Waals surface area (Å²) in [5, 5.41) is 94.2. The first-order chi connectivity index (χ1) is 29.5. The van der Waals surface area contributed by atoms with E-state index < -0.39 is 120 Å². The standard InChI is InChI=1S/C43H47F2NO15S/c44-24-6-1-22(2-7-24)30(49)16-15-29-35(46(42(29)56)26-10-8-25(45)9-11-26)28-14-5-23(17-31(28)50)21-3-12-27(13-4-21)62(57,58)20-34-37(52)39(54)41(33(19-48)59-34)61-43-40(55)38(53)36(51)32(18-47)60-43/h1-14,17,29-30,32-41,43,47-55H,15-16,18-20H2/t29-,30+,32-,33-,34+,35-,36-,37+,38+,39-,40-,41?,43+/m1/s1. The van der Waals surface area contributed by atoms with Gasteiger partial charge in [-0.1, -0.05) is 36.4 Å². The van der Waals surface area contributed by atoms with E-state index in [4.69, 9.17) is 14.2 Å². The second-order valence-electron chi connectivity index (χ2n) is 15.6. The Morgan fingerprint density at radius 3 is 1.92 bits per heavy atom. The molecule has 1 amide bonds. The summed E-state index contributed by atoms with van der Waals surface area (Å²) in [5.74, 6) is -3.00. The third kappa shape index (κ3) is 9.12. The Kier molecular flexibility index (Phi) is 13.7. The fourth-order valence-corrected chi connectivity index (χ4v) is 9.66.